The minimum absolute atomic E-state index is 0.108. The normalized spacial score (nSPS) is 23.7. The second-order valence-electron chi connectivity index (χ2n) is 10.4. The summed E-state index contributed by atoms with van der Waals surface area (Å²) in [6.07, 6.45) is 2.26. The van der Waals surface area contributed by atoms with Crippen LogP contribution < -0.4 is 16.0 Å². The Bertz CT molecular complexity index is 1410. The molecule has 0 spiro atoms. The average molecular weight is 584 g/mol. The van der Waals surface area contributed by atoms with Gasteiger partial charge in [0.25, 0.3) is 5.91 Å². The number of halogens is 1. The largest absolute Gasteiger partial charge is 0.349 e. The zero-order valence-corrected chi connectivity index (χ0v) is 23.6. The van der Waals surface area contributed by atoms with Crippen molar-refractivity contribution in [2.45, 2.75) is 57.4 Å². The van der Waals surface area contributed by atoms with Crippen molar-refractivity contribution >= 4 is 46.6 Å². The van der Waals surface area contributed by atoms with E-state index < -0.39 is 29.9 Å². The third-order valence-corrected chi connectivity index (χ3v) is 8.38. The third-order valence-electron chi connectivity index (χ3n) is 7.16. The lowest BCUT2D eigenvalue weighted by Gasteiger charge is -2.28. The molecule has 1 saturated heterocycles. The predicted octanol–water partition coefficient (Wildman–Crippen LogP) is 1.95. The maximum Gasteiger partial charge on any atom is 0.264 e. The number of amides is 4. The van der Waals surface area contributed by atoms with Gasteiger partial charge in [-0.25, -0.2) is 4.68 Å². The van der Waals surface area contributed by atoms with Gasteiger partial charge in [0.05, 0.1) is 28.0 Å². The number of rotatable bonds is 4. The van der Waals surface area contributed by atoms with Crippen molar-refractivity contribution in [3.05, 3.63) is 69.1 Å². The van der Waals surface area contributed by atoms with Crippen molar-refractivity contribution in [3.8, 4) is 0 Å². The summed E-state index contributed by atoms with van der Waals surface area (Å²) in [5, 5.41) is 17.0. The van der Waals surface area contributed by atoms with Crippen LogP contribution in [0, 0.1) is 5.92 Å². The van der Waals surface area contributed by atoms with Crippen LogP contribution in [0.3, 0.4) is 0 Å². The highest BCUT2D eigenvalue weighted by atomic mass is 35.5. The Morgan fingerprint density at radius 1 is 1.07 bits per heavy atom. The average Bonchev–Trinajstić information content (AvgIpc) is 3.69. The number of hydrogen-bond donors (Lipinski definition) is 3. The summed E-state index contributed by atoms with van der Waals surface area (Å²) in [6.45, 7) is 3.96. The van der Waals surface area contributed by atoms with E-state index >= 15 is 0 Å². The number of aromatic nitrogens is 3. The summed E-state index contributed by atoms with van der Waals surface area (Å²) in [5.74, 6) is -1.90. The van der Waals surface area contributed by atoms with Gasteiger partial charge < -0.3 is 20.9 Å². The lowest BCUT2D eigenvalue weighted by Crippen LogP contribution is -2.58. The standard InChI is InChI=1S/C27H30ClN7O4S/c1-15(2)23-26(38)30-19(10-16-6-4-3-5-7-16)24(36)29-12-17-13-35(33-32-17)18-11-20(25(37)31-23)34(14-18)27(39)21-8-9-22(28)40-21/h3-9,13,15,18-20,23H,10-12,14H2,1-2H3,(H,29,36)(H,30,38)(H,31,37)/t18-,19+,20-,23-/m0/s1. The fraction of sp³-hybridized carbons (Fsp3) is 0.407. The fourth-order valence-electron chi connectivity index (χ4n) is 5.03. The van der Waals surface area contributed by atoms with Crippen molar-refractivity contribution < 1.29 is 19.2 Å². The van der Waals surface area contributed by atoms with Crippen LogP contribution in [0.1, 0.15) is 47.2 Å². The number of thiophene rings is 1. The summed E-state index contributed by atoms with van der Waals surface area (Å²) >= 11 is 7.22. The van der Waals surface area contributed by atoms with Gasteiger partial charge in [0, 0.05) is 19.4 Å². The zero-order chi connectivity index (χ0) is 28.4. The smallest absolute Gasteiger partial charge is 0.264 e. The SMILES string of the molecule is CC(C)[C@@H]1NC(=O)[C@@H]2C[C@@H](CN2C(=O)c2ccc(Cl)s2)n2cc(nn2)CNC(=O)[C@@H](Cc2ccccc2)NC1=O. The molecule has 4 bridgehead atoms. The highest BCUT2D eigenvalue weighted by Gasteiger charge is 2.43. The second kappa shape index (κ2) is 11.8. The summed E-state index contributed by atoms with van der Waals surface area (Å²) < 4.78 is 2.10. The first-order valence-corrected chi connectivity index (χ1v) is 14.3. The molecule has 11 nitrogen and oxygen atoms in total. The van der Waals surface area contributed by atoms with E-state index in [0.29, 0.717) is 14.9 Å². The molecule has 13 heteroatoms. The van der Waals surface area contributed by atoms with Crippen molar-refractivity contribution in [2.75, 3.05) is 6.54 Å². The molecule has 2 aromatic heterocycles. The Kier molecular flexibility index (Phi) is 8.17. The van der Waals surface area contributed by atoms with E-state index in [1.54, 1.807) is 23.0 Å². The van der Waals surface area contributed by atoms with Crippen molar-refractivity contribution in [1.82, 2.24) is 35.8 Å². The Morgan fingerprint density at radius 2 is 1.85 bits per heavy atom. The first kappa shape index (κ1) is 27.8. The monoisotopic (exact) mass is 583 g/mol. The fourth-order valence-corrected chi connectivity index (χ4v) is 6.03. The number of hydrogen-bond acceptors (Lipinski definition) is 7. The number of nitrogens with zero attached hydrogens (tertiary/aromatic N) is 4. The second-order valence-corrected chi connectivity index (χ2v) is 12.1. The molecule has 0 unspecified atom stereocenters. The zero-order valence-electron chi connectivity index (χ0n) is 22.0. The summed E-state index contributed by atoms with van der Waals surface area (Å²) in [7, 11) is 0. The van der Waals surface area contributed by atoms with Gasteiger partial charge in [-0.05, 0) is 23.6 Å². The maximum absolute atomic E-state index is 13.7. The van der Waals surface area contributed by atoms with Gasteiger partial charge in [-0.2, -0.15) is 0 Å². The lowest BCUT2D eigenvalue weighted by atomic mass is 10.00. The molecule has 4 heterocycles. The van der Waals surface area contributed by atoms with Gasteiger partial charge in [0.2, 0.25) is 17.7 Å². The van der Waals surface area contributed by atoms with Crippen LogP contribution in [-0.2, 0) is 27.3 Å². The number of benzene rings is 1. The van der Waals surface area contributed by atoms with E-state index in [2.05, 4.69) is 26.3 Å². The molecule has 0 radical (unpaired) electrons. The molecule has 40 heavy (non-hydrogen) atoms. The number of nitrogens with one attached hydrogen (secondary N) is 3. The quantitative estimate of drug-likeness (QED) is 0.429. The number of likely N-dealkylation sites (tertiary alicyclic amines) is 1. The van der Waals surface area contributed by atoms with E-state index in [9.17, 15) is 19.2 Å². The van der Waals surface area contributed by atoms with Crippen LogP contribution in [0.2, 0.25) is 4.34 Å². The topological polar surface area (TPSA) is 138 Å². The van der Waals surface area contributed by atoms with E-state index in [-0.39, 0.29) is 49.7 Å². The molecule has 1 fully saturated rings. The molecular weight excluding hydrogens is 554 g/mol. The molecule has 4 atom stereocenters. The molecular formula is C27H30ClN7O4S. The number of fused-ring (bicyclic) bond motifs is 5. The molecule has 4 amide bonds. The van der Waals surface area contributed by atoms with Gasteiger partial charge >= 0.3 is 0 Å². The van der Waals surface area contributed by atoms with Gasteiger partial charge in [-0.3, -0.25) is 19.2 Å². The highest BCUT2D eigenvalue weighted by Crippen LogP contribution is 2.31. The number of carbonyl (C=O) groups is 4. The van der Waals surface area contributed by atoms with Crippen LogP contribution >= 0.6 is 22.9 Å². The van der Waals surface area contributed by atoms with Crippen LogP contribution in [-0.4, -0.2) is 68.2 Å². The predicted molar refractivity (Wildman–Crippen MR) is 149 cm³/mol. The highest BCUT2D eigenvalue weighted by molar-refractivity contribution is 7.18. The first-order chi connectivity index (χ1) is 19.2. The Hall–Kier alpha value is -3.77. The molecule has 2 aliphatic heterocycles. The van der Waals surface area contributed by atoms with Crippen LogP contribution in [0.4, 0.5) is 0 Å². The van der Waals surface area contributed by atoms with Gasteiger partial charge in [0.15, 0.2) is 0 Å². The Labute approximate surface area is 240 Å². The molecule has 210 valence electrons. The Balaban J connectivity index is 1.47. The van der Waals surface area contributed by atoms with Crippen molar-refractivity contribution in [3.63, 3.8) is 0 Å². The molecule has 1 aromatic carbocycles. The van der Waals surface area contributed by atoms with Gasteiger partial charge in [0.1, 0.15) is 23.8 Å². The number of carbonyl (C=O) groups excluding carboxylic acids is 4. The van der Waals surface area contributed by atoms with E-state index in [0.717, 1.165) is 16.9 Å². The molecule has 0 saturated carbocycles. The van der Waals surface area contributed by atoms with E-state index in [1.807, 2.05) is 44.2 Å². The summed E-state index contributed by atoms with van der Waals surface area (Å²) in [4.78, 5) is 55.8. The first-order valence-electron chi connectivity index (χ1n) is 13.1. The Morgan fingerprint density at radius 3 is 2.55 bits per heavy atom. The van der Waals surface area contributed by atoms with Crippen molar-refractivity contribution in [1.29, 1.82) is 0 Å². The lowest BCUT2D eigenvalue weighted by molar-refractivity contribution is -0.134. The molecule has 3 aromatic rings. The minimum Gasteiger partial charge on any atom is -0.349 e. The van der Waals surface area contributed by atoms with E-state index in [4.69, 9.17) is 11.6 Å². The van der Waals surface area contributed by atoms with Gasteiger partial charge in [-0.1, -0.05) is 61.0 Å². The van der Waals surface area contributed by atoms with Gasteiger partial charge in [-0.15, -0.1) is 16.4 Å². The maximum atomic E-state index is 13.7. The molecule has 5 rings (SSSR count). The minimum atomic E-state index is -0.923. The third kappa shape index (κ3) is 6.02. The molecule has 0 aliphatic carbocycles. The summed E-state index contributed by atoms with van der Waals surface area (Å²) in [5.41, 5.74) is 1.39. The van der Waals surface area contributed by atoms with Crippen LogP contribution in [0.15, 0.2) is 48.7 Å². The summed E-state index contributed by atoms with van der Waals surface area (Å²) in [6, 6.07) is 9.67. The molecule has 2 aliphatic rings. The van der Waals surface area contributed by atoms with Crippen LogP contribution in [0.25, 0.3) is 0 Å². The molecule has 3 N–H and O–H groups in total. The van der Waals surface area contributed by atoms with E-state index in [1.165, 1.54) is 4.90 Å². The van der Waals surface area contributed by atoms with Crippen molar-refractivity contribution in [2.24, 2.45) is 5.92 Å². The van der Waals surface area contributed by atoms with Crippen LogP contribution in [0.5, 0.6) is 0 Å².